The van der Waals surface area contributed by atoms with Gasteiger partial charge in [0.2, 0.25) is 0 Å². The van der Waals surface area contributed by atoms with Gasteiger partial charge >= 0.3 is 7.12 Å². The topological polar surface area (TPSA) is 72.8 Å². The minimum atomic E-state index is -1.16. The van der Waals surface area contributed by atoms with Crippen molar-refractivity contribution in [2.45, 2.75) is 58.9 Å². The molecule has 0 aromatic carbocycles. The normalized spacial score (nSPS) is 20.9. The molecule has 20 heavy (non-hydrogen) atoms. The average molecular weight is 288 g/mol. The lowest BCUT2D eigenvalue weighted by atomic mass is 9.78. The fourth-order valence-electron chi connectivity index (χ4n) is 2.05. The highest BCUT2D eigenvalue weighted by Crippen LogP contribution is 2.14. The maximum absolute atomic E-state index is 10.3. The number of hydrogen-bond donors (Lipinski definition) is 3. The number of likely N-dealkylation sites (tertiary alicyclic amines) is 1. The fraction of sp³-hybridized carbons (Fsp3) is 0.929. The first-order valence-corrected chi connectivity index (χ1v) is 7.66. The Morgan fingerprint density at radius 3 is 2.15 bits per heavy atom. The van der Waals surface area contributed by atoms with E-state index in [1.807, 2.05) is 32.8 Å². The smallest absolute Gasteiger partial charge is 0.426 e. The molecule has 3 unspecified atom stereocenters. The number of rotatable bonds is 5. The van der Waals surface area contributed by atoms with Crippen LogP contribution < -0.4 is 5.32 Å². The monoisotopic (exact) mass is 288 g/mol. The van der Waals surface area contributed by atoms with Crippen molar-refractivity contribution in [1.29, 1.82) is 0 Å². The molecule has 1 heterocycles. The van der Waals surface area contributed by atoms with Crippen LogP contribution in [-0.4, -0.2) is 61.0 Å². The molecular formula is C14H33BN2O3. The number of aldehydes is 1. The molecule has 0 bridgehead atoms. The third-order valence-electron chi connectivity index (χ3n) is 3.66. The first-order chi connectivity index (χ1) is 9.47. The Labute approximate surface area is 124 Å². The number of carbonyl (C=O) groups is 1. The molecule has 0 saturated carbocycles. The van der Waals surface area contributed by atoms with Crippen LogP contribution in [0.25, 0.3) is 0 Å². The highest BCUT2D eigenvalue weighted by atomic mass is 16.4. The summed E-state index contributed by atoms with van der Waals surface area (Å²) in [4.78, 5) is 12.3. The predicted molar refractivity (Wildman–Crippen MR) is 85.6 cm³/mol. The zero-order valence-electron chi connectivity index (χ0n) is 14.0. The molecule has 5 nitrogen and oxygen atoms in total. The van der Waals surface area contributed by atoms with Crippen molar-refractivity contribution in [2.24, 2.45) is 5.92 Å². The number of likely N-dealkylation sites (N-methyl/N-ethyl adjacent to an activating group) is 1. The van der Waals surface area contributed by atoms with Crippen LogP contribution >= 0.6 is 0 Å². The molecule has 1 fully saturated rings. The summed E-state index contributed by atoms with van der Waals surface area (Å²) in [6.45, 7) is 9.14. The van der Waals surface area contributed by atoms with Crippen LogP contribution in [0.5, 0.6) is 0 Å². The first-order valence-electron chi connectivity index (χ1n) is 7.66. The second-order valence-electron chi connectivity index (χ2n) is 4.94. The second kappa shape index (κ2) is 13.6. The van der Waals surface area contributed by atoms with Crippen LogP contribution in [0.1, 0.15) is 47.0 Å². The van der Waals surface area contributed by atoms with Gasteiger partial charge in [-0.15, -0.1) is 0 Å². The molecule has 0 amide bonds. The molecule has 1 saturated heterocycles. The molecule has 0 aromatic heterocycles. The van der Waals surface area contributed by atoms with Gasteiger partial charge in [-0.3, -0.25) is 0 Å². The van der Waals surface area contributed by atoms with E-state index < -0.39 is 7.12 Å². The van der Waals surface area contributed by atoms with Gasteiger partial charge < -0.3 is 25.1 Å². The van der Waals surface area contributed by atoms with E-state index in [4.69, 9.17) is 10.0 Å². The summed E-state index contributed by atoms with van der Waals surface area (Å²) in [5.74, 6) is 0.428. The fourth-order valence-corrected chi connectivity index (χ4v) is 2.05. The molecular weight excluding hydrogens is 255 g/mol. The zero-order valence-corrected chi connectivity index (χ0v) is 14.0. The van der Waals surface area contributed by atoms with E-state index in [1.165, 1.54) is 0 Å². The summed E-state index contributed by atoms with van der Waals surface area (Å²) in [5, 5.41) is 20.4. The summed E-state index contributed by atoms with van der Waals surface area (Å²) >= 11 is 0. The largest absolute Gasteiger partial charge is 0.469 e. The molecule has 1 aliphatic rings. The maximum atomic E-state index is 10.3. The molecule has 3 atom stereocenters. The first kappa shape index (κ1) is 21.9. The highest BCUT2D eigenvalue weighted by molar-refractivity contribution is 6.43. The third kappa shape index (κ3) is 8.69. The van der Waals surface area contributed by atoms with Crippen LogP contribution in [0, 0.1) is 5.92 Å². The van der Waals surface area contributed by atoms with Gasteiger partial charge in [-0.05, 0) is 39.4 Å². The minimum absolute atomic E-state index is 0.0231. The zero-order chi connectivity index (χ0) is 16.1. The molecule has 3 N–H and O–H groups in total. The van der Waals surface area contributed by atoms with Crippen molar-refractivity contribution in [3.8, 4) is 0 Å². The summed E-state index contributed by atoms with van der Waals surface area (Å²) in [5.41, 5.74) is 0. The van der Waals surface area contributed by atoms with Gasteiger partial charge in [-0.2, -0.15) is 0 Å². The van der Waals surface area contributed by atoms with E-state index in [9.17, 15) is 4.79 Å². The van der Waals surface area contributed by atoms with E-state index >= 15 is 0 Å². The van der Waals surface area contributed by atoms with Crippen LogP contribution in [0.4, 0.5) is 0 Å². The summed E-state index contributed by atoms with van der Waals surface area (Å²) in [6.07, 6.45) is 4.01. The average Bonchev–Trinajstić information content (AvgIpc) is 2.89. The van der Waals surface area contributed by atoms with E-state index in [0.29, 0.717) is 5.92 Å². The van der Waals surface area contributed by atoms with Crippen molar-refractivity contribution in [3.63, 3.8) is 0 Å². The lowest BCUT2D eigenvalue weighted by Gasteiger charge is -2.17. The van der Waals surface area contributed by atoms with E-state index in [0.717, 1.165) is 32.1 Å². The quantitative estimate of drug-likeness (QED) is 0.518. The molecule has 6 heteroatoms. The number of nitrogens with one attached hydrogen (secondary N) is 1. The Kier molecular flexibility index (Phi) is 14.8. The highest BCUT2D eigenvalue weighted by Gasteiger charge is 2.30. The summed E-state index contributed by atoms with van der Waals surface area (Å²) < 4.78 is 0. The Hall–Kier alpha value is -0.425. The Balaban J connectivity index is 0. The molecule has 1 aliphatic heterocycles. The lowest BCUT2D eigenvalue weighted by Crippen LogP contribution is -2.39. The van der Waals surface area contributed by atoms with Gasteiger partial charge in [0, 0.05) is 5.94 Å². The summed E-state index contributed by atoms with van der Waals surface area (Å²) in [6, 6.07) is 0.0370. The predicted octanol–water partition coefficient (Wildman–Crippen LogP) is 0.938. The SMILES string of the molecule is CC.CCC(C)C(C=O)NC.CN1CCCC1B(O)O. The second-order valence-corrected chi connectivity index (χ2v) is 4.94. The van der Waals surface area contributed by atoms with Gasteiger partial charge in [0.05, 0.1) is 6.04 Å². The standard InChI is InChI=1S/C7H15NO.C5H12BNO2.C2H6/c1-4-6(2)7(5-9)8-3;1-7-4-2-3-5(7)6(8)9;1-2/h5-8H,4H2,1-3H3;5,8-9H,2-4H2,1H3;1-2H3. The molecule has 0 aliphatic carbocycles. The Morgan fingerprint density at radius 1 is 1.45 bits per heavy atom. The van der Waals surface area contributed by atoms with Gasteiger partial charge in [-0.1, -0.05) is 34.1 Å². The molecule has 120 valence electrons. The minimum Gasteiger partial charge on any atom is -0.426 e. The maximum Gasteiger partial charge on any atom is 0.469 e. The third-order valence-corrected chi connectivity index (χ3v) is 3.66. The molecule has 0 aromatic rings. The molecule has 0 radical (unpaired) electrons. The molecule has 1 rings (SSSR count). The molecule has 0 spiro atoms. The van der Waals surface area contributed by atoms with Crippen LogP contribution in [-0.2, 0) is 4.79 Å². The summed E-state index contributed by atoms with van der Waals surface area (Å²) in [7, 11) is 2.57. The van der Waals surface area contributed by atoms with Crippen molar-refractivity contribution in [3.05, 3.63) is 0 Å². The van der Waals surface area contributed by atoms with Crippen LogP contribution in [0.15, 0.2) is 0 Å². The Bertz CT molecular complexity index is 230. The van der Waals surface area contributed by atoms with Gasteiger partial charge in [0.25, 0.3) is 0 Å². The number of nitrogens with zero attached hydrogens (tertiary/aromatic N) is 1. The van der Waals surface area contributed by atoms with E-state index in [2.05, 4.69) is 19.2 Å². The number of carbonyl (C=O) groups excluding carboxylic acids is 1. The number of hydrogen-bond acceptors (Lipinski definition) is 5. The van der Waals surface area contributed by atoms with Gasteiger partial charge in [0.1, 0.15) is 6.29 Å². The van der Waals surface area contributed by atoms with Gasteiger partial charge in [-0.25, -0.2) is 0 Å². The van der Waals surface area contributed by atoms with Crippen molar-refractivity contribution in [1.82, 2.24) is 10.2 Å². The van der Waals surface area contributed by atoms with E-state index in [-0.39, 0.29) is 12.0 Å². The van der Waals surface area contributed by atoms with Crippen molar-refractivity contribution < 1.29 is 14.8 Å². The van der Waals surface area contributed by atoms with E-state index in [1.54, 1.807) is 0 Å². The van der Waals surface area contributed by atoms with Crippen LogP contribution in [0.2, 0.25) is 0 Å². The van der Waals surface area contributed by atoms with Crippen molar-refractivity contribution >= 4 is 13.4 Å². The van der Waals surface area contributed by atoms with Crippen molar-refractivity contribution in [2.75, 3.05) is 20.6 Å². The van der Waals surface area contributed by atoms with Gasteiger partial charge in [0.15, 0.2) is 0 Å². The Morgan fingerprint density at radius 2 is 2.00 bits per heavy atom. The lowest BCUT2D eigenvalue weighted by molar-refractivity contribution is -0.110. The van der Waals surface area contributed by atoms with Crippen LogP contribution in [0.3, 0.4) is 0 Å².